The van der Waals surface area contributed by atoms with Crippen molar-refractivity contribution in [2.24, 2.45) is 0 Å². The van der Waals surface area contributed by atoms with Gasteiger partial charge >= 0.3 is 5.97 Å². The van der Waals surface area contributed by atoms with Crippen molar-refractivity contribution in [2.45, 2.75) is 0 Å². The molecule has 94 valence electrons. The summed E-state index contributed by atoms with van der Waals surface area (Å²) < 4.78 is 22.8. The van der Waals surface area contributed by atoms with Gasteiger partial charge in [0.2, 0.25) is 5.43 Å². The Hall–Kier alpha value is -2.37. The minimum atomic E-state index is -0.777. The number of methoxy groups -OCH3 is 2. The van der Waals surface area contributed by atoms with E-state index in [1.54, 1.807) is 0 Å². The third-order valence-electron chi connectivity index (χ3n) is 2.54. The van der Waals surface area contributed by atoms with E-state index in [1.807, 2.05) is 0 Å². The second-order valence-electron chi connectivity index (χ2n) is 3.55. The average Bonchev–Trinajstić information content (AvgIpc) is 2.38. The van der Waals surface area contributed by atoms with Gasteiger partial charge in [-0.3, -0.25) is 4.79 Å². The first-order valence-electron chi connectivity index (χ1n) is 5.05. The quantitative estimate of drug-likeness (QED) is 0.820. The van der Waals surface area contributed by atoms with Crippen molar-refractivity contribution in [3.05, 3.63) is 39.9 Å². The Balaban J connectivity index is 2.83. The molecule has 6 heteroatoms. The predicted molar refractivity (Wildman–Crippen MR) is 62.4 cm³/mol. The average molecular weight is 251 g/mol. The van der Waals surface area contributed by atoms with Gasteiger partial charge in [0.15, 0.2) is 0 Å². The lowest BCUT2D eigenvalue weighted by atomic mass is 10.1. The van der Waals surface area contributed by atoms with E-state index in [4.69, 9.17) is 4.74 Å². The van der Waals surface area contributed by atoms with Crippen LogP contribution < -0.4 is 10.2 Å². The normalized spacial score (nSPS) is 10.4. The minimum Gasteiger partial charge on any atom is -0.494 e. The summed E-state index contributed by atoms with van der Waals surface area (Å²) in [7, 11) is 2.53. The summed E-state index contributed by atoms with van der Waals surface area (Å²) in [6.07, 6.45) is 1.22. The lowest BCUT2D eigenvalue weighted by Crippen LogP contribution is -2.17. The molecule has 0 spiro atoms. The first kappa shape index (κ1) is 12.1. The molecule has 0 bridgehead atoms. The lowest BCUT2D eigenvalue weighted by molar-refractivity contribution is 0.0599. The van der Waals surface area contributed by atoms with Crippen molar-refractivity contribution in [3.8, 4) is 5.75 Å². The number of aromatic nitrogens is 1. The summed E-state index contributed by atoms with van der Waals surface area (Å²) in [5.74, 6) is -1.20. The fourth-order valence-electron chi connectivity index (χ4n) is 1.69. The molecule has 0 atom stereocenters. The van der Waals surface area contributed by atoms with Crippen LogP contribution in [0.3, 0.4) is 0 Å². The van der Waals surface area contributed by atoms with Crippen molar-refractivity contribution in [1.29, 1.82) is 0 Å². The van der Waals surface area contributed by atoms with Crippen molar-refractivity contribution in [3.63, 3.8) is 0 Å². The summed E-state index contributed by atoms with van der Waals surface area (Å²) >= 11 is 0. The maximum Gasteiger partial charge on any atom is 0.343 e. The van der Waals surface area contributed by atoms with Gasteiger partial charge in [0, 0.05) is 12.3 Å². The molecule has 0 aliphatic heterocycles. The number of ether oxygens (including phenoxy) is 2. The highest BCUT2D eigenvalue weighted by atomic mass is 19.1. The number of esters is 1. The van der Waals surface area contributed by atoms with Crippen LogP contribution in [0.25, 0.3) is 10.9 Å². The van der Waals surface area contributed by atoms with Crippen LogP contribution in [-0.2, 0) is 4.74 Å². The van der Waals surface area contributed by atoms with Crippen LogP contribution in [0.4, 0.5) is 4.39 Å². The highest BCUT2D eigenvalue weighted by Gasteiger charge is 2.15. The topological polar surface area (TPSA) is 68.4 Å². The summed E-state index contributed by atoms with van der Waals surface area (Å²) in [5, 5.41) is 0.0368. The number of carbonyl (C=O) groups is 1. The maximum absolute atomic E-state index is 13.3. The van der Waals surface area contributed by atoms with Crippen molar-refractivity contribution in [2.75, 3.05) is 14.2 Å². The van der Waals surface area contributed by atoms with E-state index in [9.17, 15) is 14.0 Å². The van der Waals surface area contributed by atoms with Gasteiger partial charge in [0.05, 0.1) is 25.1 Å². The van der Waals surface area contributed by atoms with Gasteiger partial charge in [0.25, 0.3) is 0 Å². The fourth-order valence-corrected chi connectivity index (χ4v) is 1.69. The number of fused-ring (bicyclic) bond motifs is 1. The van der Waals surface area contributed by atoms with Crippen LogP contribution in [0.5, 0.6) is 5.75 Å². The lowest BCUT2D eigenvalue weighted by Gasteiger charge is -2.06. The maximum atomic E-state index is 13.3. The SMILES string of the molecule is COC(=O)c1c[nH]c2c(OC)cc(F)cc2c1=O. The first-order valence-corrected chi connectivity index (χ1v) is 5.05. The molecule has 1 aromatic heterocycles. The van der Waals surface area contributed by atoms with E-state index in [0.717, 1.165) is 19.2 Å². The molecule has 1 aromatic carbocycles. The number of aromatic amines is 1. The molecule has 0 unspecified atom stereocenters. The monoisotopic (exact) mass is 251 g/mol. The number of hydrogen-bond donors (Lipinski definition) is 1. The molecule has 18 heavy (non-hydrogen) atoms. The molecule has 2 aromatic rings. The van der Waals surface area contributed by atoms with Gasteiger partial charge in [-0.25, -0.2) is 9.18 Å². The summed E-state index contributed by atoms with van der Waals surface area (Å²) in [6, 6.07) is 2.19. The Morgan fingerprint density at radius 2 is 2.06 bits per heavy atom. The summed E-state index contributed by atoms with van der Waals surface area (Å²) in [6.45, 7) is 0. The van der Waals surface area contributed by atoms with Crippen LogP contribution >= 0.6 is 0 Å². The number of H-pyrrole nitrogens is 1. The molecule has 1 N–H and O–H groups in total. The third kappa shape index (κ3) is 1.81. The van der Waals surface area contributed by atoms with Crippen LogP contribution in [-0.4, -0.2) is 25.2 Å². The van der Waals surface area contributed by atoms with Crippen LogP contribution in [0, 0.1) is 5.82 Å². The van der Waals surface area contributed by atoms with E-state index >= 15 is 0 Å². The molecule has 0 saturated heterocycles. The van der Waals surface area contributed by atoms with E-state index < -0.39 is 17.2 Å². The number of hydrogen-bond acceptors (Lipinski definition) is 4. The molecule has 1 heterocycles. The molecule has 0 saturated carbocycles. The molecular formula is C12H10FNO4. The molecule has 2 rings (SSSR count). The zero-order valence-corrected chi connectivity index (χ0v) is 9.74. The van der Waals surface area contributed by atoms with Gasteiger partial charge in [-0.05, 0) is 6.07 Å². The Morgan fingerprint density at radius 1 is 1.33 bits per heavy atom. The Labute approximate surface area is 101 Å². The zero-order valence-electron chi connectivity index (χ0n) is 9.74. The van der Waals surface area contributed by atoms with Crippen molar-refractivity contribution < 1.29 is 18.7 Å². The number of benzene rings is 1. The molecule has 0 radical (unpaired) electrons. The predicted octanol–water partition coefficient (Wildman–Crippen LogP) is 1.46. The number of rotatable bonds is 2. The Bertz CT molecular complexity index is 678. The number of halogens is 1. The standard InChI is InChI=1S/C12H10FNO4/c1-17-9-4-6(13)3-7-10(9)14-5-8(11(7)15)12(16)18-2/h3-5H,1-2H3,(H,14,15). The summed E-state index contributed by atoms with van der Waals surface area (Å²) in [5.41, 5.74) is -0.456. The van der Waals surface area contributed by atoms with E-state index in [-0.39, 0.29) is 16.7 Å². The van der Waals surface area contributed by atoms with E-state index in [1.165, 1.54) is 13.3 Å². The van der Waals surface area contributed by atoms with Gasteiger partial charge in [-0.1, -0.05) is 0 Å². The third-order valence-corrected chi connectivity index (χ3v) is 2.54. The van der Waals surface area contributed by atoms with Gasteiger partial charge in [0.1, 0.15) is 17.1 Å². The second kappa shape index (κ2) is 4.48. The van der Waals surface area contributed by atoms with E-state index in [0.29, 0.717) is 5.52 Å². The largest absolute Gasteiger partial charge is 0.494 e. The Morgan fingerprint density at radius 3 is 2.67 bits per heavy atom. The second-order valence-corrected chi connectivity index (χ2v) is 3.55. The number of carbonyl (C=O) groups excluding carboxylic acids is 1. The van der Waals surface area contributed by atoms with Crippen LogP contribution in [0.1, 0.15) is 10.4 Å². The highest BCUT2D eigenvalue weighted by Crippen LogP contribution is 2.23. The van der Waals surface area contributed by atoms with Crippen LogP contribution in [0.15, 0.2) is 23.1 Å². The molecule has 0 amide bonds. The zero-order chi connectivity index (χ0) is 13.3. The number of pyridine rings is 1. The Kier molecular flexibility index (Phi) is 3.01. The van der Waals surface area contributed by atoms with Gasteiger partial charge in [-0.2, -0.15) is 0 Å². The smallest absolute Gasteiger partial charge is 0.343 e. The fraction of sp³-hybridized carbons (Fsp3) is 0.167. The van der Waals surface area contributed by atoms with Crippen LogP contribution in [0.2, 0.25) is 0 Å². The molecular weight excluding hydrogens is 241 g/mol. The van der Waals surface area contributed by atoms with Crippen molar-refractivity contribution in [1.82, 2.24) is 4.98 Å². The molecule has 0 fully saturated rings. The highest BCUT2D eigenvalue weighted by molar-refractivity contribution is 5.94. The van der Waals surface area contributed by atoms with Gasteiger partial charge < -0.3 is 14.5 Å². The molecule has 5 nitrogen and oxygen atoms in total. The first-order chi connectivity index (χ1) is 8.58. The van der Waals surface area contributed by atoms with E-state index in [2.05, 4.69) is 9.72 Å². The molecule has 0 aliphatic rings. The minimum absolute atomic E-state index is 0.0368. The van der Waals surface area contributed by atoms with Gasteiger partial charge in [-0.15, -0.1) is 0 Å². The molecule has 0 aliphatic carbocycles. The van der Waals surface area contributed by atoms with Crippen molar-refractivity contribution >= 4 is 16.9 Å². The summed E-state index contributed by atoms with van der Waals surface area (Å²) in [4.78, 5) is 26.1. The number of nitrogens with one attached hydrogen (secondary N) is 1.